The molecule has 1 aromatic heterocycles. The van der Waals surface area contributed by atoms with Crippen molar-refractivity contribution in [3.05, 3.63) is 65.5 Å². The van der Waals surface area contributed by atoms with E-state index in [1.807, 2.05) is 19.1 Å². The fourth-order valence-electron chi connectivity index (χ4n) is 2.12. The largest absolute Gasteiger partial charge is 0.346 e. The van der Waals surface area contributed by atoms with Crippen LogP contribution in [0.25, 0.3) is 0 Å². The van der Waals surface area contributed by atoms with Gasteiger partial charge >= 0.3 is 0 Å². The first kappa shape index (κ1) is 16.2. The van der Waals surface area contributed by atoms with Crippen molar-refractivity contribution < 1.29 is 13.2 Å². The second-order valence-electron chi connectivity index (χ2n) is 5.25. The summed E-state index contributed by atoms with van der Waals surface area (Å²) in [5, 5.41) is 2.89. The van der Waals surface area contributed by atoms with E-state index in [0.717, 1.165) is 5.56 Å². The Morgan fingerprint density at radius 1 is 1.23 bits per heavy atom. The molecule has 1 amide bonds. The Labute approximate surface area is 130 Å². The lowest BCUT2D eigenvalue weighted by Crippen LogP contribution is -2.26. The average molecular weight is 318 g/mol. The summed E-state index contributed by atoms with van der Waals surface area (Å²) in [4.78, 5) is 16.2. The van der Waals surface area contributed by atoms with Gasteiger partial charge in [0.1, 0.15) is 0 Å². The first-order valence-electron chi connectivity index (χ1n) is 6.82. The van der Waals surface area contributed by atoms with Gasteiger partial charge in [-0.2, -0.15) is 0 Å². The van der Waals surface area contributed by atoms with Crippen LogP contribution in [0.1, 0.15) is 34.5 Å². The summed E-state index contributed by atoms with van der Waals surface area (Å²) in [5.41, 5.74) is 2.00. The van der Waals surface area contributed by atoms with E-state index in [1.165, 1.54) is 6.26 Å². The maximum absolute atomic E-state index is 12.3. The van der Waals surface area contributed by atoms with Gasteiger partial charge in [-0.1, -0.05) is 12.1 Å². The molecular formula is C16H18N2O3S. The predicted octanol–water partition coefficient (Wildman–Crippen LogP) is 2.12. The Bertz CT molecular complexity index is 758. The number of sulfone groups is 1. The number of carbonyl (C=O) groups is 1. The van der Waals surface area contributed by atoms with Gasteiger partial charge in [-0.15, -0.1) is 0 Å². The molecular weight excluding hydrogens is 300 g/mol. The van der Waals surface area contributed by atoms with Crippen molar-refractivity contribution in [2.24, 2.45) is 0 Å². The number of amides is 1. The minimum Gasteiger partial charge on any atom is -0.346 e. The summed E-state index contributed by atoms with van der Waals surface area (Å²) >= 11 is 0. The number of carbonyl (C=O) groups excluding carboxylic acids is 1. The normalized spacial score (nSPS) is 12.6. The minimum atomic E-state index is -3.12. The molecule has 116 valence electrons. The van der Waals surface area contributed by atoms with Crippen LogP contribution in [0.3, 0.4) is 0 Å². The lowest BCUT2D eigenvalue weighted by Gasteiger charge is -2.14. The first-order chi connectivity index (χ1) is 10.3. The van der Waals surface area contributed by atoms with E-state index in [1.54, 1.807) is 36.7 Å². The summed E-state index contributed by atoms with van der Waals surface area (Å²) in [6.07, 6.45) is 4.51. The predicted molar refractivity (Wildman–Crippen MR) is 85.1 cm³/mol. The highest BCUT2D eigenvalue weighted by atomic mass is 32.2. The molecule has 0 fully saturated rings. The molecule has 1 atom stereocenters. The number of nitrogens with zero attached hydrogens (tertiary/aromatic N) is 1. The van der Waals surface area contributed by atoms with Crippen LogP contribution >= 0.6 is 0 Å². The van der Waals surface area contributed by atoms with Crippen molar-refractivity contribution in [1.29, 1.82) is 0 Å². The molecule has 2 aromatic rings. The van der Waals surface area contributed by atoms with Gasteiger partial charge in [0.25, 0.3) is 5.91 Å². The molecule has 1 unspecified atom stereocenters. The fraction of sp³-hybridized carbons (Fsp3) is 0.250. The van der Waals surface area contributed by atoms with Gasteiger partial charge in [0.2, 0.25) is 0 Å². The van der Waals surface area contributed by atoms with Crippen LogP contribution < -0.4 is 5.32 Å². The Morgan fingerprint density at radius 2 is 1.91 bits per heavy atom. The highest BCUT2D eigenvalue weighted by Gasteiger charge is 2.12. The van der Waals surface area contributed by atoms with E-state index >= 15 is 0 Å². The molecule has 0 aliphatic heterocycles. The molecule has 1 N–H and O–H groups in total. The van der Waals surface area contributed by atoms with Crippen LogP contribution in [-0.2, 0) is 15.6 Å². The fourth-order valence-corrected chi connectivity index (χ4v) is 2.91. The van der Waals surface area contributed by atoms with E-state index in [9.17, 15) is 13.2 Å². The smallest absolute Gasteiger partial charge is 0.251 e. The molecule has 0 saturated heterocycles. The second-order valence-corrected chi connectivity index (χ2v) is 7.39. The van der Waals surface area contributed by atoms with Crippen molar-refractivity contribution in [3.63, 3.8) is 0 Å². The molecule has 0 aliphatic rings. The van der Waals surface area contributed by atoms with Crippen molar-refractivity contribution in [2.45, 2.75) is 18.7 Å². The van der Waals surface area contributed by atoms with Gasteiger partial charge in [-0.25, -0.2) is 8.42 Å². The van der Waals surface area contributed by atoms with Gasteiger partial charge in [-0.3, -0.25) is 9.78 Å². The van der Waals surface area contributed by atoms with Crippen molar-refractivity contribution >= 4 is 15.7 Å². The third-order valence-electron chi connectivity index (χ3n) is 3.17. The van der Waals surface area contributed by atoms with Crippen molar-refractivity contribution in [2.75, 3.05) is 6.26 Å². The molecule has 0 bridgehead atoms. The van der Waals surface area contributed by atoms with E-state index in [-0.39, 0.29) is 17.7 Å². The average Bonchev–Trinajstić information content (AvgIpc) is 2.46. The Kier molecular flexibility index (Phi) is 4.92. The number of pyridine rings is 1. The summed E-state index contributed by atoms with van der Waals surface area (Å²) in [5.74, 6) is -0.312. The van der Waals surface area contributed by atoms with Gasteiger partial charge in [-0.05, 0) is 42.3 Å². The summed E-state index contributed by atoms with van der Waals surface area (Å²) < 4.78 is 22.7. The summed E-state index contributed by atoms with van der Waals surface area (Å²) in [6, 6.07) is 10.2. The van der Waals surface area contributed by atoms with Crippen LogP contribution in [0.2, 0.25) is 0 Å². The van der Waals surface area contributed by atoms with Gasteiger partial charge in [0, 0.05) is 24.2 Å². The highest BCUT2D eigenvalue weighted by molar-refractivity contribution is 7.89. The molecule has 0 spiro atoms. The van der Waals surface area contributed by atoms with Crippen LogP contribution in [0, 0.1) is 0 Å². The zero-order chi connectivity index (χ0) is 16.2. The minimum absolute atomic E-state index is 0.0754. The van der Waals surface area contributed by atoms with Crippen molar-refractivity contribution in [3.8, 4) is 0 Å². The Balaban J connectivity index is 2.11. The topological polar surface area (TPSA) is 76.1 Å². The summed E-state index contributed by atoms with van der Waals surface area (Å²) in [7, 11) is -3.12. The molecule has 5 nitrogen and oxygen atoms in total. The quantitative estimate of drug-likeness (QED) is 0.916. The van der Waals surface area contributed by atoms with E-state index in [4.69, 9.17) is 0 Å². The number of hydrogen-bond acceptors (Lipinski definition) is 4. The molecule has 0 radical (unpaired) electrons. The summed E-state index contributed by atoms with van der Waals surface area (Å²) in [6.45, 7) is 1.88. The molecule has 0 aliphatic carbocycles. The van der Waals surface area contributed by atoms with Crippen LogP contribution in [0.4, 0.5) is 0 Å². The van der Waals surface area contributed by atoms with E-state index < -0.39 is 9.84 Å². The maximum Gasteiger partial charge on any atom is 0.251 e. The van der Waals surface area contributed by atoms with Crippen LogP contribution in [0.5, 0.6) is 0 Å². The van der Waals surface area contributed by atoms with Crippen LogP contribution in [-0.4, -0.2) is 25.6 Å². The number of hydrogen-bond donors (Lipinski definition) is 1. The number of rotatable bonds is 5. The zero-order valence-electron chi connectivity index (χ0n) is 12.5. The van der Waals surface area contributed by atoms with Gasteiger partial charge in [0.05, 0.1) is 11.8 Å². The monoisotopic (exact) mass is 318 g/mol. The highest BCUT2D eigenvalue weighted by Crippen LogP contribution is 2.13. The lowest BCUT2D eigenvalue weighted by atomic mass is 10.1. The van der Waals surface area contributed by atoms with Crippen LogP contribution in [0.15, 0.2) is 48.8 Å². The standard InChI is InChI=1S/C16H18N2O3S/c1-12(14-6-8-17-9-7-14)18-16(19)15-5-3-4-13(10-15)11-22(2,20)21/h3-10,12H,11H2,1-2H3,(H,18,19). The zero-order valence-corrected chi connectivity index (χ0v) is 13.3. The second kappa shape index (κ2) is 6.70. The number of benzene rings is 1. The molecule has 6 heteroatoms. The SMILES string of the molecule is CC(NC(=O)c1cccc(CS(C)(=O)=O)c1)c1ccncc1. The molecule has 0 saturated carbocycles. The van der Waals surface area contributed by atoms with E-state index in [2.05, 4.69) is 10.3 Å². The molecule has 1 aromatic carbocycles. The first-order valence-corrected chi connectivity index (χ1v) is 8.88. The number of aromatic nitrogens is 1. The molecule has 2 rings (SSSR count). The Morgan fingerprint density at radius 3 is 2.55 bits per heavy atom. The third kappa shape index (κ3) is 4.66. The van der Waals surface area contributed by atoms with Gasteiger partial charge in [0.15, 0.2) is 9.84 Å². The lowest BCUT2D eigenvalue weighted by molar-refractivity contribution is 0.0939. The van der Waals surface area contributed by atoms with Gasteiger partial charge < -0.3 is 5.32 Å². The third-order valence-corrected chi connectivity index (χ3v) is 4.03. The Hall–Kier alpha value is -2.21. The van der Waals surface area contributed by atoms with Crippen molar-refractivity contribution in [1.82, 2.24) is 10.3 Å². The number of nitrogens with one attached hydrogen (secondary N) is 1. The van der Waals surface area contributed by atoms with E-state index in [0.29, 0.717) is 11.1 Å². The molecule has 22 heavy (non-hydrogen) atoms. The molecule has 1 heterocycles. The maximum atomic E-state index is 12.3.